The molecule has 0 radical (unpaired) electrons. The maximum atomic E-state index is 12.9. The molecule has 8 heteroatoms. The number of hydrogen-bond donors (Lipinski definition) is 0. The molecular formula is C10H19BF5N2-. The van der Waals surface area contributed by atoms with Crippen LogP contribution >= 0.6 is 0 Å². The molecule has 0 N–H and O–H groups in total. The van der Waals surface area contributed by atoms with Gasteiger partial charge in [0.2, 0.25) is 0 Å². The summed E-state index contributed by atoms with van der Waals surface area (Å²) in [6.07, 6.45) is -3.65. The van der Waals surface area contributed by atoms with Crippen LogP contribution in [0.4, 0.5) is 21.7 Å². The molecule has 1 aliphatic heterocycles. The van der Waals surface area contributed by atoms with Crippen molar-refractivity contribution in [1.29, 1.82) is 0 Å². The average molecular weight is 273 g/mol. The second-order valence-electron chi connectivity index (χ2n) is 5.26. The minimum Gasteiger partial charge on any atom is -0.448 e. The van der Waals surface area contributed by atoms with Crippen LogP contribution in [0.25, 0.3) is 0 Å². The van der Waals surface area contributed by atoms with E-state index in [1.165, 1.54) is 0 Å². The Morgan fingerprint density at radius 2 is 1.78 bits per heavy atom. The molecule has 0 aliphatic carbocycles. The van der Waals surface area contributed by atoms with Gasteiger partial charge in [-0.25, -0.2) is 8.78 Å². The fraction of sp³-hybridized carbons (Fsp3) is 1.00. The van der Waals surface area contributed by atoms with Gasteiger partial charge in [0.1, 0.15) is 0 Å². The Balaban J connectivity index is 2.59. The molecule has 1 aliphatic rings. The highest BCUT2D eigenvalue weighted by Crippen LogP contribution is 2.20. The van der Waals surface area contributed by atoms with Crippen molar-refractivity contribution in [3.05, 3.63) is 0 Å². The molecule has 2 nitrogen and oxygen atoms in total. The first kappa shape index (κ1) is 15.7. The number of nitrogens with zero attached hydrogens (tertiary/aromatic N) is 2. The zero-order chi connectivity index (χ0) is 13.9. The molecule has 0 unspecified atom stereocenters. The van der Waals surface area contributed by atoms with Gasteiger partial charge in [0.05, 0.1) is 6.04 Å². The van der Waals surface area contributed by atoms with Crippen molar-refractivity contribution in [3.8, 4) is 0 Å². The molecule has 0 saturated carbocycles. The van der Waals surface area contributed by atoms with E-state index in [1.54, 1.807) is 4.90 Å². The third kappa shape index (κ3) is 5.10. The van der Waals surface area contributed by atoms with Crippen LogP contribution in [0.3, 0.4) is 0 Å². The minimum absolute atomic E-state index is 0.203. The lowest BCUT2D eigenvalue weighted by Gasteiger charge is -2.43. The lowest BCUT2D eigenvalue weighted by Crippen LogP contribution is -2.58. The SMILES string of the molecule is CC(C)CN1CCN(C[B-](F)(F)F)C[C@@H]1C(F)F. The summed E-state index contributed by atoms with van der Waals surface area (Å²) in [5, 5.41) is 0. The predicted octanol–water partition coefficient (Wildman–Crippen LogP) is 2.28. The van der Waals surface area contributed by atoms with Crippen LogP contribution in [0.15, 0.2) is 0 Å². The van der Waals surface area contributed by atoms with Crippen molar-refractivity contribution < 1.29 is 21.7 Å². The lowest BCUT2D eigenvalue weighted by atomic mass is 9.90. The Kier molecular flexibility index (Phi) is 5.39. The maximum Gasteiger partial charge on any atom is 0.492 e. The first-order chi connectivity index (χ1) is 8.19. The number of hydrogen-bond acceptors (Lipinski definition) is 2. The van der Waals surface area contributed by atoms with Crippen molar-refractivity contribution in [3.63, 3.8) is 0 Å². The van der Waals surface area contributed by atoms with Crippen LogP contribution in [-0.2, 0) is 0 Å². The number of piperazine rings is 1. The van der Waals surface area contributed by atoms with Gasteiger partial charge in [-0.05, 0) is 12.4 Å². The monoisotopic (exact) mass is 273 g/mol. The van der Waals surface area contributed by atoms with E-state index in [1.807, 2.05) is 13.8 Å². The summed E-state index contributed by atoms with van der Waals surface area (Å²) in [5.41, 5.74) is 0. The van der Waals surface area contributed by atoms with Crippen LogP contribution in [0.5, 0.6) is 0 Å². The number of rotatable bonds is 5. The van der Waals surface area contributed by atoms with Crippen molar-refractivity contribution in [1.82, 2.24) is 9.80 Å². The molecule has 0 aromatic rings. The van der Waals surface area contributed by atoms with E-state index in [9.17, 15) is 21.7 Å². The molecule has 0 amide bonds. The van der Waals surface area contributed by atoms with Gasteiger partial charge in [-0.3, -0.25) is 4.90 Å². The number of halogens is 5. The summed E-state index contributed by atoms with van der Waals surface area (Å²) in [7, 11) is 0. The van der Waals surface area contributed by atoms with E-state index in [0.717, 1.165) is 4.90 Å². The largest absolute Gasteiger partial charge is 0.492 e. The molecule has 0 spiro atoms. The molecular weight excluding hydrogens is 254 g/mol. The second kappa shape index (κ2) is 6.19. The minimum atomic E-state index is -4.94. The standard InChI is InChI=1S/C10H19BF5N2/c1-8(2)5-18-4-3-17(7-11(14,15)16)6-9(18)10(12)13/h8-10H,3-7H2,1-2H3/q-1/t9-/m1/s1. The predicted molar refractivity (Wildman–Crippen MR) is 61.7 cm³/mol. The summed E-state index contributed by atoms with van der Waals surface area (Å²) >= 11 is 0. The summed E-state index contributed by atoms with van der Waals surface area (Å²) in [4.78, 5) is 2.70. The van der Waals surface area contributed by atoms with E-state index in [2.05, 4.69) is 0 Å². The highest BCUT2D eigenvalue weighted by molar-refractivity contribution is 6.58. The number of alkyl halides is 2. The Bertz CT molecular complexity index is 259. The topological polar surface area (TPSA) is 6.48 Å². The first-order valence-electron chi connectivity index (χ1n) is 6.14. The summed E-state index contributed by atoms with van der Waals surface area (Å²) in [6, 6.07) is -1.08. The molecule has 1 atom stereocenters. The van der Waals surface area contributed by atoms with E-state index >= 15 is 0 Å². The molecule has 1 fully saturated rings. The van der Waals surface area contributed by atoms with Crippen molar-refractivity contribution in [2.24, 2.45) is 5.92 Å². The van der Waals surface area contributed by atoms with E-state index in [-0.39, 0.29) is 25.6 Å². The van der Waals surface area contributed by atoms with Crippen molar-refractivity contribution in [2.45, 2.75) is 26.3 Å². The molecule has 0 aromatic heterocycles. The highest BCUT2D eigenvalue weighted by Gasteiger charge is 2.36. The Morgan fingerprint density at radius 3 is 2.22 bits per heavy atom. The van der Waals surface area contributed by atoms with Gasteiger partial charge in [0.25, 0.3) is 6.43 Å². The van der Waals surface area contributed by atoms with Gasteiger partial charge < -0.3 is 17.8 Å². The van der Waals surface area contributed by atoms with E-state index < -0.39 is 25.9 Å². The van der Waals surface area contributed by atoms with Crippen LogP contribution in [0.1, 0.15) is 13.8 Å². The zero-order valence-corrected chi connectivity index (χ0v) is 10.6. The van der Waals surface area contributed by atoms with Crippen LogP contribution < -0.4 is 0 Å². The van der Waals surface area contributed by atoms with E-state index in [0.29, 0.717) is 6.54 Å². The van der Waals surface area contributed by atoms with Crippen molar-refractivity contribution >= 4 is 6.98 Å². The Morgan fingerprint density at radius 1 is 1.17 bits per heavy atom. The maximum absolute atomic E-state index is 12.9. The molecule has 108 valence electrons. The van der Waals surface area contributed by atoms with Gasteiger partial charge in [0, 0.05) is 26.2 Å². The fourth-order valence-corrected chi connectivity index (χ4v) is 2.30. The Labute approximate surface area is 104 Å². The summed E-state index contributed by atoms with van der Waals surface area (Å²) in [6.45, 7) is -0.344. The average Bonchev–Trinajstić information content (AvgIpc) is 2.17. The van der Waals surface area contributed by atoms with Gasteiger partial charge in [-0.1, -0.05) is 13.8 Å². The molecule has 18 heavy (non-hydrogen) atoms. The highest BCUT2D eigenvalue weighted by atomic mass is 19.4. The van der Waals surface area contributed by atoms with Gasteiger partial charge in [-0.15, -0.1) is 0 Å². The lowest BCUT2D eigenvalue weighted by molar-refractivity contribution is -0.0260. The van der Waals surface area contributed by atoms with Crippen molar-refractivity contribution in [2.75, 3.05) is 32.6 Å². The van der Waals surface area contributed by atoms with E-state index in [4.69, 9.17) is 0 Å². The van der Waals surface area contributed by atoms with Gasteiger partial charge >= 0.3 is 6.98 Å². The summed E-state index contributed by atoms with van der Waals surface area (Å²) < 4.78 is 62.7. The van der Waals surface area contributed by atoms with Crippen LogP contribution in [0, 0.1) is 5.92 Å². The fourth-order valence-electron chi connectivity index (χ4n) is 2.30. The smallest absolute Gasteiger partial charge is 0.448 e. The molecule has 1 heterocycles. The van der Waals surface area contributed by atoms with Gasteiger partial charge in [0.15, 0.2) is 0 Å². The molecule has 0 bridgehead atoms. The quantitative estimate of drug-likeness (QED) is 0.560. The molecule has 1 rings (SSSR count). The third-order valence-electron chi connectivity index (χ3n) is 2.97. The third-order valence-corrected chi connectivity index (χ3v) is 2.97. The van der Waals surface area contributed by atoms with Crippen LogP contribution in [-0.4, -0.2) is 61.9 Å². The Hall–Kier alpha value is -0.365. The summed E-state index contributed by atoms with van der Waals surface area (Å²) in [5.74, 6) is 0.227. The second-order valence-corrected chi connectivity index (χ2v) is 5.26. The molecule has 0 aromatic carbocycles. The first-order valence-corrected chi connectivity index (χ1v) is 6.14. The normalized spacial score (nSPS) is 24.2. The van der Waals surface area contributed by atoms with Gasteiger partial charge in [-0.2, -0.15) is 0 Å². The molecule has 1 saturated heterocycles. The van der Waals surface area contributed by atoms with Crippen LogP contribution in [0.2, 0.25) is 0 Å². The zero-order valence-electron chi connectivity index (χ0n) is 10.6.